The Hall–Kier alpha value is -1.66. The highest BCUT2D eigenvalue weighted by Gasteiger charge is 2.38. The summed E-state index contributed by atoms with van der Waals surface area (Å²) < 4.78 is 5.04. The van der Waals surface area contributed by atoms with Gasteiger partial charge >= 0.3 is 6.09 Å². The lowest BCUT2D eigenvalue weighted by Crippen LogP contribution is -2.38. The van der Waals surface area contributed by atoms with E-state index in [1.165, 1.54) is 0 Å². The van der Waals surface area contributed by atoms with E-state index in [1.807, 2.05) is 0 Å². The Morgan fingerprint density at radius 2 is 2.18 bits per heavy atom. The number of hydrogen-bond donors (Lipinski definition) is 0. The molecule has 1 aliphatic heterocycles. The van der Waals surface area contributed by atoms with E-state index in [-0.39, 0.29) is 19.5 Å². The molecule has 1 saturated heterocycles. The number of carbonyl (C=O) groups is 2. The number of likely N-dealkylation sites (tertiary alicyclic amines) is 1. The van der Waals surface area contributed by atoms with Crippen LogP contribution in [0.4, 0.5) is 4.79 Å². The zero-order chi connectivity index (χ0) is 13.2. The zero-order valence-electron chi connectivity index (χ0n) is 10.1. The van der Waals surface area contributed by atoms with Crippen molar-refractivity contribution in [3.05, 3.63) is 10.1 Å². The second-order valence-electron chi connectivity index (χ2n) is 5.07. The molecule has 96 valence electrons. The Bertz CT molecular complexity index is 347. The zero-order valence-corrected chi connectivity index (χ0v) is 10.1. The quantitative estimate of drug-likeness (QED) is 0.535. The average molecular weight is 244 g/mol. The number of hydrogen-bond acceptors (Lipinski definition) is 5. The second kappa shape index (κ2) is 4.68. The van der Waals surface area contributed by atoms with E-state index in [2.05, 4.69) is 0 Å². The summed E-state index contributed by atoms with van der Waals surface area (Å²) in [5.74, 6) is -0.823. The van der Waals surface area contributed by atoms with Crippen LogP contribution in [0.15, 0.2) is 0 Å². The van der Waals surface area contributed by atoms with Crippen LogP contribution in [0, 0.1) is 16.0 Å². The molecule has 0 saturated carbocycles. The summed E-state index contributed by atoms with van der Waals surface area (Å²) in [6.45, 7) is 4.85. The number of imide groups is 1. The molecule has 1 unspecified atom stereocenters. The largest absolute Gasteiger partial charge is 0.443 e. The summed E-state index contributed by atoms with van der Waals surface area (Å²) in [5.41, 5.74) is -0.682. The van der Waals surface area contributed by atoms with Crippen molar-refractivity contribution in [2.45, 2.75) is 32.8 Å². The molecule has 1 heterocycles. The fourth-order valence-corrected chi connectivity index (χ4v) is 1.61. The topological polar surface area (TPSA) is 89.8 Å². The minimum atomic E-state index is -0.728. The van der Waals surface area contributed by atoms with Gasteiger partial charge in [-0.2, -0.15) is 0 Å². The SMILES string of the molecule is CC(C)(C)OC(=O)N1CC(C[N+](=O)[O-])CC1=O. The molecular weight excluding hydrogens is 228 g/mol. The van der Waals surface area contributed by atoms with Crippen LogP contribution >= 0.6 is 0 Å². The first-order chi connectivity index (χ1) is 7.69. The van der Waals surface area contributed by atoms with E-state index < -0.39 is 28.4 Å². The van der Waals surface area contributed by atoms with Gasteiger partial charge in [-0.15, -0.1) is 0 Å². The second-order valence-corrected chi connectivity index (χ2v) is 5.07. The van der Waals surface area contributed by atoms with Gasteiger partial charge in [-0.1, -0.05) is 0 Å². The molecule has 0 spiro atoms. The van der Waals surface area contributed by atoms with Crippen LogP contribution in [0.25, 0.3) is 0 Å². The molecule has 1 fully saturated rings. The molecule has 0 radical (unpaired) electrons. The van der Waals surface area contributed by atoms with Gasteiger partial charge in [-0.3, -0.25) is 14.9 Å². The highest BCUT2D eigenvalue weighted by atomic mass is 16.6. The molecule has 7 nitrogen and oxygen atoms in total. The van der Waals surface area contributed by atoms with Crippen molar-refractivity contribution in [1.29, 1.82) is 0 Å². The molecule has 17 heavy (non-hydrogen) atoms. The van der Waals surface area contributed by atoms with Crippen molar-refractivity contribution in [1.82, 2.24) is 4.90 Å². The fraction of sp³-hybridized carbons (Fsp3) is 0.800. The van der Waals surface area contributed by atoms with E-state index in [0.717, 1.165) is 4.90 Å². The minimum absolute atomic E-state index is 0.0280. The van der Waals surface area contributed by atoms with Gasteiger partial charge in [0.2, 0.25) is 12.5 Å². The van der Waals surface area contributed by atoms with Crippen LogP contribution in [0.2, 0.25) is 0 Å². The van der Waals surface area contributed by atoms with E-state index in [1.54, 1.807) is 20.8 Å². The Morgan fingerprint density at radius 1 is 1.59 bits per heavy atom. The number of ether oxygens (including phenoxy) is 1. The number of rotatable bonds is 2. The maximum Gasteiger partial charge on any atom is 0.417 e. The number of nitro groups is 1. The molecule has 7 heteroatoms. The van der Waals surface area contributed by atoms with Crippen LogP contribution in [0.1, 0.15) is 27.2 Å². The predicted molar refractivity (Wildman–Crippen MR) is 57.9 cm³/mol. The van der Waals surface area contributed by atoms with Crippen molar-refractivity contribution in [2.75, 3.05) is 13.1 Å². The molecule has 1 atom stereocenters. The Labute approximate surface area is 98.9 Å². The van der Waals surface area contributed by atoms with Gasteiger partial charge in [-0.25, -0.2) is 9.69 Å². The average Bonchev–Trinajstić information content (AvgIpc) is 2.42. The highest BCUT2D eigenvalue weighted by molar-refractivity contribution is 5.93. The Balaban J connectivity index is 2.59. The van der Waals surface area contributed by atoms with E-state index >= 15 is 0 Å². The van der Waals surface area contributed by atoms with E-state index in [4.69, 9.17) is 4.74 Å². The van der Waals surface area contributed by atoms with Gasteiger partial charge < -0.3 is 4.74 Å². The molecule has 0 aromatic rings. The van der Waals surface area contributed by atoms with Crippen molar-refractivity contribution in [3.63, 3.8) is 0 Å². The number of carbonyl (C=O) groups excluding carboxylic acids is 2. The number of nitrogens with zero attached hydrogens (tertiary/aromatic N) is 2. The van der Waals surface area contributed by atoms with Gasteiger partial charge in [0.15, 0.2) is 0 Å². The van der Waals surface area contributed by atoms with Crippen molar-refractivity contribution in [3.8, 4) is 0 Å². The lowest BCUT2D eigenvalue weighted by Gasteiger charge is -2.23. The maximum absolute atomic E-state index is 11.6. The lowest BCUT2D eigenvalue weighted by atomic mass is 10.1. The monoisotopic (exact) mass is 244 g/mol. The van der Waals surface area contributed by atoms with Crippen LogP contribution in [-0.2, 0) is 9.53 Å². The summed E-state index contributed by atoms with van der Waals surface area (Å²) in [6, 6.07) is 0. The molecule has 1 rings (SSSR count). The molecular formula is C10H16N2O5. The highest BCUT2D eigenvalue weighted by Crippen LogP contribution is 2.20. The van der Waals surface area contributed by atoms with Gasteiger partial charge in [-0.05, 0) is 20.8 Å². The van der Waals surface area contributed by atoms with Gasteiger partial charge in [0.25, 0.3) is 0 Å². The van der Waals surface area contributed by atoms with Crippen LogP contribution in [0.3, 0.4) is 0 Å². The van der Waals surface area contributed by atoms with Gasteiger partial charge in [0, 0.05) is 17.9 Å². The maximum atomic E-state index is 11.6. The van der Waals surface area contributed by atoms with Crippen molar-refractivity contribution >= 4 is 12.0 Å². The van der Waals surface area contributed by atoms with Crippen molar-refractivity contribution < 1.29 is 19.2 Å². The predicted octanol–water partition coefficient (Wildman–Crippen LogP) is 1.05. The smallest absolute Gasteiger partial charge is 0.417 e. The Kier molecular flexibility index (Phi) is 3.69. The summed E-state index contributed by atoms with van der Waals surface area (Å²) in [7, 11) is 0. The molecule has 0 bridgehead atoms. The van der Waals surface area contributed by atoms with Crippen molar-refractivity contribution in [2.24, 2.45) is 5.92 Å². The third-order valence-corrected chi connectivity index (χ3v) is 2.23. The molecule has 2 amide bonds. The molecule has 0 aromatic carbocycles. The third kappa shape index (κ3) is 4.01. The fourth-order valence-electron chi connectivity index (χ4n) is 1.61. The molecule has 0 aliphatic carbocycles. The molecule has 1 aliphatic rings. The molecule has 0 aromatic heterocycles. The first kappa shape index (κ1) is 13.4. The van der Waals surface area contributed by atoms with Crippen LogP contribution < -0.4 is 0 Å². The minimum Gasteiger partial charge on any atom is -0.443 e. The lowest BCUT2D eigenvalue weighted by molar-refractivity contribution is -0.487. The Morgan fingerprint density at radius 3 is 2.65 bits per heavy atom. The summed E-state index contributed by atoms with van der Waals surface area (Å²) in [5, 5.41) is 10.3. The van der Waals surface area contributed by atoms with Gasteiger partial charge in [0.05, 0.1) is 5.92 Å². The van der Waals surface area contributed by atoms with Crippen LogP contribution in [0.5, 0.6) is 0 Å². The number of amides is 2. The summed E-state index contributed by atoms with van der Waals surface area (Å²) >= 11 is 0. The van der Waals surface area contributed by atoms with E-state index in [0.29, 0.717) is 0 Å². The molecule has 0 N–H and O–H groups in total. The summed E-state index contributed by atoms with van der Waals surface area (Å²) in [6.07, 6.45) is -0.700. The third-order valence-electron chi connectivity index (χ3n) is 2.23. The first-order valence-corrected chi connectivity index (χ1v) is 5.34. The standard InChI is InChI=1S/C10H16N2O5/c1-10(2,3)17-9(14)11-5-7(4-8(11)13)6-12(15)16/h7H,4-6H2,1-3H3. The normalized spacial score (nSPS) is 20.5. The first-order valence-electron chi connectivity index (χ1n) is 5.34. The van der Waals surface area contributed by atoms with Crippen LogP contribution in [-0.4, -0.2) is 40.5 Å². The summed E-state index contributed by atoms with van der Waals surface area (Å²) in [4.78, 5) is 33.9. The van der Waals surface area contributed by atoms with Gasteiger partial charge in [0.1, 0.15) is 5.60 Å². The van der Waals surface area contributed by atoms with E-state index in [9.17, 15) is 19.7 Å².